The van der Waals surface area contributed by atoms with Crippen LogP contribution in [-0.4, -0.2) is 24.5 Å². The molecule has 0 saturated carbocycles. The zero-order valence-corrected chi connectivity index (χ0v) is 11.1. The van der Waals surface area contributed by atoms with Crippen molar-refractivity contribution < 1.29 is 18.8 Å². The van der Waals surface area contributed by atoms with Gasteiger partial charge >= 0.3 is 5.97 Å². The van der Waals surface area contributed by atoms with E-state index in [0.717, 1.165) is 0 Å². The fraction of sp³-hybridized carbons (Fsp3) is 0.462. The second kappa shape index (κ2) is 6.26. The van der Waals surface area contributed by atoms with Crippen LogP contribution in [0.25, 0.3) is 0 Å². The maximum absolute atomic E-state index is 13.5. The van der Waals surface area contributed by atoms with Gasteiger partial charge in [-0.3, -0.25) is 14.9 Å². The second-order valence-corrected chi connectivity index (χ2v) is 4.44. The molecule has 0 saturated heterocycles. The van der Waals surface area contributed by atoms with Crippen molar-refractivity contribution in [2.45, 2.75) is 19.8 Å². The number of hydrogen-bond acceptors (Lipinski definition) is 4. The summed E-state index contributed by atoms with van der Waals surface area (Å²) in [6.45, 7) is 2.70. The molecule has 0 spiro atoms. The van der Waals surface area contributed by atoms with E-state index in [4.69, 9.17) is 0 Å². The highest BCUT2D eigenvalue weighted by Crippen LogP contribution is 2.27. The topological polar surface area (TPSA) is 69.4 Å². The Kier molecular flexibility index (Phi) is 4.97. The van der Waals surface area contributed by atoms with E-state index in [1.165, 1.54) is 20.1 Å². The Balaban J connectivity index is 3.11. The molecule has 0 aliphatic carbocycles. The Labute approximate surface area is 110 Å². The molecular weight excluding hydrogens is 253 g/mol. The molecule has 1 aromatic rings. The zero-order valence-electron chi connectivity index (χ0n) is 11.1. The number of nitrogens with zero attached hydrogens (tertiary/aromatic N) is 1. The smallest absolute Gasteiger partial charge is 0.309 e. The minimum Gasteiger partial charge on any atom is -0.469 e. The van der Waals surface area contributed by atoms with Crippen molar-refractivity contribution in [1.82, 2.24) is 0 Å². The van der Waals surface area contributed by atoms with E-state index in [2.05, 4.69) is 4.74 Å². The van der Waals surface area contributed by atoms with Crippen LogP contribution < -0.4 is 0 Å². The Morgan fingerprint density at radius 1 is 1.53 bits per heavy atom. The first-order chi connectivity index (χ1) is 8.86. The van der Waals surface area contributed by atoms with Gasteiger partial charge in [-0.15, -0.1) is 0 Å². The van der Waals surface area contributed by atoms with Gasteiger partial charge in [0.1, 0.15) is 5.82 Å². The van der Waals surface area contributed by atoms with Gasteiger partial charge in [0.15, 0.2) is 0 Å². The lowest BCUT2D eigenvalue weighted by Gasteiger charge is -2.19. The zero-order chi connectivity index (χ0) is 14.6. The van der Waals surface area contributed by atoms with Gasteiger partial charge in [0.05, 0.1) is 18.9 Å². The van der Waals surface area contributed by atoms with Crippen molar-refractivity contribution in [2.75, 3.05) is 13.7 Å². The van der Waals surface area contributed by atoms with Gasteiger partial charge in [0.2, 0.25) is 6.54 Å². The predicted molar refractivity (Wildman–Crippen MR) is 66.9 cm³/mol. The summed E-state index contributed by atoms with van der Waals surface area (Å²) in [4.78, 5) is 21.7. The fourth-order valence-corrected chi connectivity index (χ4v) is 1.90. The summed E-state index contributed by atoms with van der Waals surface area (Å²) in [5.74, 6) is -2.41. The van der Waals surface area contributed by atoms with E-state index in [-0.39, 0.29) is 0 Å². The molecule has 0 fully saturated rings. The molecule has 0 aliphatic rings. The minimum absolute atomic E-state index is 0.428. The van der Waals surface area contributed by atoms with Gasteiger partial charge in [-0.1, -0.05) is 19.1 Å². The normalized spacial score (nSPS) is 13.7. The number of methoxy groups -OCH3 is 1. The third-order valence-electron chi connectivity index (χ3n) is 3.15. The van der Waals surface area contributed by atoms with E-state index < -0.39 is 35.1 Å². The number of esters is 1. The van der Waals surface area contributed by atoms with Crippen LogP contribution >= 0.6 is 0 Å². The van der Waals surface area contributed by atoms with Crippen molar-refractivity contribution >= 4 is 5.97 Å². The minimum atomic E-state index is -0.711. The van der Waals surface area contributed by atoms with Gasteiger partial charge < -0.3 is 4.74 Å². The molecular formula is C13H16FNO4. The monoisotopic (exact) mass is 269 g/mol. The van der Waals surface area contributed by atoms with Crippen molar-refractivity contribution in [3.8, 4) is 0 Å². The summed E-state index contributed by atoms with van der Waals surface area (Å²) in [6.07, 6.45) is 0. The molecule has 1 unspecified atom stereocenters. The number of carbonyl (C=O) groups is 1. The van der Waals surface area contributed by atoms with Crippen molar-refractivity contribution in [3.05, 3.63) is 45.3 Å². The molecule has 0 N–H and O–H groups in total. The molecule has 0 bridgehead atoms. The van der Waals surface area contributed by atoms with Gasteiger partial charge in [-0.25, -0.2) is 4.39 Å². The molecule has 19 heavy (non-hydrogen) atoms. The summed E-state index contributed by atoms with van der Waals surface area (Å²) in [7, 11) is 1.22. The summed E-state index contributed by atoms with van der Waals surface area (Å²) >= 11 is 0. The SMILES string of the molecule is COC(=O)C(C)[C@@H](C[N+](=O)[O-])c1ccc(C)c(F)c1. The van der Waals surface area contributed by atoms with Gasteiger partial charge in [0.25, 0.3) is 0 Å². The van der Waals surface area contributed by atoms with E-state index >= 15 is 0 Å². The number of benzene rings is 1. The Morgan fingerprint density at radius 3 is 2.63 bits per heavy atom. The Morgan fingerprint density at radius 2 is 2.16 bits per heavy atom. The van der Waals surface area contributed by atoms with E-state index in [0.29, 0.717) is 11.1 Å². The van der Waals surface area contributed by atoms with Crippen LogP contribution in [0.1, 0.15) is 24.0 Å². The van der Waals surface area contributed by atoms with Gasteiger partial charge in [-0.2, -0.15) is 0 Å². The highest BCUT2D eigenvalue weighted by molar-refractivity contribution is 5.73. The number of aryl methyl sites for hydroxylation is 1. The lowest BCUT2D eigenvalue weighted by molar-refractivity contribution is -0.484. The summed E-state index contributed by atoms with van der Waals surface area (Å²) in [5.41, 5.74) is 0.882. The quantitative estimate of drug-likeness (QED) is 0.467. The van der Waals surface area contributed by atoms with E-state index in [9.17, 15) is 19.3 Å². The fourth-order valence-electron chi connectivity index (χ4n) is 1.90. The van der Waals surface area contributed by atoms with Crippen LogP contribution in [0, 0.1) is 28.8 Å². The van der Waals surface area contributed by atoms with Crippen molar-refractivity contribution in [2.24, 2.45) is 5.92 Å². The molecule has 0 aromatic heterocycles. The number of carbonyl (C=O) groups excluding carboxylic acids is 1. The van der Waals surface area contributed by atoms with Crippen LogP contribution in [0.3, 0.4) is 0 Å². The van der Waals surface area contributed by atoms with Gasteiger partial charge in [-0.05, 0) is 24.1 Å². The van der Waals surface area contributed by atoms with Crippen molar-refractivity contribution in [1.29, 1.82) is 0 Å². The summed E-state index contributed by atoms with van der Waals surface area (Å²) in [5, 5.41) is 10.7. The number of rotatable bonds is 5. The highest BCUT2D eigenvalue weighted by Gasteiger charge is 2.30. The first-order valence-corrected chi connectivity index (χ1v) is 5.82. The molecule has 0 amide bonds. The second-order valence-electron chi connectivity index (χ2n) is 4.44. The number of halogens is 1. The van der Waals surface area contributed by atoms with Crippen LogP contribution in [0.5, 0.6) is 0 Å². The molecule has 104 valence electrons. The maximum Gasteiger partial charge on any atom is 0.309 e. The van der Waals surface area contributed by atoms with Crippen molar-refractivity contribution in [3.63, 3.8) is 0 Å². The van der Waals surface area contributed by atoms with Gasteiger partial charge in [0, 0.05) is 4.92 Å². The molecule has 0 heterocycles. The lowest BCUT2D eigenvalue weighted by Crippen LogP contribution is -2.26. The van der Waals surface area contributed by atoms with Crippen LogP contribution in [0.2, 0.25) is 0 Å². The average molecular weight is 269 g/mol. The molecule has 1 rings (SSSR count). The third-order valence-corrected chi connectivity index (χ3v) is 3.15. The summed E-state index contributed by atoms with van der Waals surface area (Å²) < 4.78 is 18.1. The van der Waals surface area contributed by atoms with Crippen LogP contribution in [0.4, 0.5) is 4.39 Å². The molecule has 1 aromatic carbocycles. The number of ether oxygens (including phenoxy) is 1. The first-order valence-electron chi connectivity index (χ1n) is 5.82. The van der Waals surface area contributed by atoms with E-state index in [1.54, 1.807) is 19.1 Å². The molecule has 6 heteroatoms. The molecule has 0 radical (unpaired) electrons. The summed E-state index contributed by atoms with van der Waals surface area (Å²) in [6, 6.07) is 4.39. The first kappa shape index (κ1) is 15.1. The van der Waals surface area contributed by atoms with Crippen LogP contribution in [0.15, 0.2) is 18.2 Å². The van der Waals surface area contributed by atoms with E-state index in [1.807, 2.05) is 0 Å². The molecule has 0 aliphatic heterocycles. The Hall–Kier alpha value is -1.98. The largest absolute Gasteiger partial charge is 0.469 e. The van der Waals surface area contributed by atoms with Crippen LogP contribution in [-0.2, 0) is 9.53 Å². The molecule has 5 nitrogen and oxygen atoms in total. The third kappa shape index (κ3) is 3.74. The average Bonchev–Trinajstić information content (AvgIpc) is 2.37. The Bertz CT molecular complexity index is 490. The maximum atomic E-state index is 13.5. The highest BCUT2D eigenvalue weighted by atomic mass is 19.1. The number of nitro groups is 1. The standard InChI is InChI=1S/C13H16FNO4/c1-8-4-5-10(6-12(8)14)11(7-15(17)18)9(2)13(16)19-3/h4-6,9,11H,7H2,1-3H3/t9?,11-/m1/s1. The lowest BCUT2D eigenvalue weighted by atomic mass is 9.86. The number of hydrogen-bond donors (Lipinski definition) is 0. The molecule has 2 atom stereocenters. The predicted octanol–water partition coefficient (Wildman–Crippen LogP) is 2.30.